The first-order valence-corrected chi connectivity index (χ1v) is 9.62. The van der Waals surface area contributed by atoms with Crippen LogP contribution in [0.4, 0.5) is 0 Å². The van der Waals surface area contributed by atoms with E-state index in [0.29, 0.717) is 47.7 Å². The van der Waals surface area contributed by atoms with Gasteiger partial charge in [0.15, 0.2) is 11.5 Å². The van der Waals surface area contributed by atoms with Gasteiger partial charge in [-0.15, -0.1) is 10.2 Å². The van der Waals surface area contributed by atoms with Crippen molar-refractivity contribution in [1.82, 2.24) is 15.1 Å². The van der Waals surface area contributed by atoms with E-state index in [9.17, 15) is 4.79 Å². The molecule has 1 aromatic heterocycles. The summed E-state index contributed by atoms with van der Waals surface area (Å²) in [6, 6.07) is 12.7. The first-order valence-electron chi connectivity index (χ1n) is 9.62. The Hall–Kier alpha value is -3.55. The van der Waals surface area contributed by atoms with Gasteiger partial charge in [-0.3, -0.25) is 4.79 Å². The summed E-state index contributed by atoms with van der Waals surface area (Å²) in [7, 11) is 4.71. The number of aromatic nitrogens is 2. The highest BCUT2D eigenvalue weighted by Crippen LogP contribution is 2.33. The predicted octanol–water partition coefficient (Wildman–Crippen LogP) is 3.39. The summed E-state index contributed by atoms with van der Waals surface area (Å²) in [5.41, 5.74) is 1.29. The van der Waals surface area contributed by atoms with Crippen molar-refractivity contribution in [3.8, 4) is 28.7 Å². The molecule has 1 atom stereocenters. The van der Waals surface area contributed by atoms with E-state index in [2.05, 4.69) is 10.2 Å². The summed E-state index contributed by atoms with van der Waals surface area (Å²) in [5, 5.41) is 8.40. The van der Waals surface area contributed by atoms with Gasteiger partial charge in [-0.05, 0) is 36.8 Å². The fourth-order valence-electron chi connectivity index (χ4n) is 3.63. The van der Waals surface area contributed by atoms with E-state index in [0.717, 1.165) is 12.0 Å². The smallest absolute Gasteiger partial charge is 0.254 e. The van der Waals surface area contributed by atoms with Gasteiger partial charge in [-0.25, -0.2) is 0 Å². The van der Waals surface area contributed by atoms with Crippen molar-refractivity contribution in [2.24, 2.45) is 0 Å². The maximum atomic E-state index is 12.9. The average Bonchev–Trinajstić information content (AvgIpc) is 3.48. The fraction of sp³-hybridized carbons (Fsp3) is 0.318. The topological polar surface area (TPSA) is 86.9 Å². The van der Waals surface area contributed by atoms with Gasteiger partial charge >= 0.3 is 0 Å². The molecule has 0 N–H and O–H groups in total. The van der Waals surface area contributed by atoms with Gasteiger partial charge in [-0.2, -0.15) is 0 Å². The van der Waals surface area contributed by atoms with Crippen molar-refractivity contribution in [2.45, 2.75) is 12.3 Å². The van der Waals surface area contributed by atoms with Crippen LogP contribution in [-0.2, 0) is 0 Å². The summed E-state index contributed by atoms with van der Waals surface area (Å²) in [4.78, 5) is 14.7. The minimum Gasteiger partial charge on any atom is -0.496 e. The summed E-state index contributed by atoms with van der Waals surface area (Å²) >= 11 is 0. The molecule has 3 aromatic rings. The molecule has 1 aliphatic heterocycles. The molecule has 4 rings (SSSR count). The molecule has 2 aromatic carbocycles. The van der Waals surface area contributed by atoms with Crippen LogP contribution in [0, 0.1) is 0 Å². The first kappa shape index (κ1) is 19.8. The molecule has 156 valence electrons. The lowest BCUT2D eigenvalue weighted by Gasteiger charge is -2.17. The molecule has 8 heteroatoms. The Bertz CT molecular complexity index is 1050. The minimum absolute atomic E-state index is 0.00921. The van der Waals surface area contributed by atoms with Crippen LogP contribution in [0.5, 0.6) is 17.2 Å². The molecule has 1 amide bonds. The fourth-order valence-corrected chi connectivity index (χ4v) is 3.63. The number of nitrogens with zero attached hydrogens (tertiary/aromatic N) is 3. The molecule has 0 spiro atoms. The second kappa shape index (κ2) is 8.44. The molecule has 8 nitrogen and oxygen atoms in total. The van der Waals surface area contributed by atoms with E-state index in [4.69, 9.17) is 18.6 Å². The van der Waals surface area contributed by atoms with E-state index in [1.165, 1.54) is 0 Å². The van der Waals surface area contributed by atoms with Gasteiger partial charge in [0, 0.05) is 18.7 Å². The van der Waals surface area contributed by atoms with Crippen molar-refractivity contribution < 1.29 is 23.4 Å². The second-order valence-electron chi connectivity index (χ2n) is 6.95. The molecule has 1 aliphatic rings. The zero-order chi connectivity index (χ0) is 21.1. The molecule has 0 bridgehead atoms. The number of amides is 1. The number of hydrogen-bond donors (Lipinski definition) is 0. The largest absolute Gasteiger partial charge is 0.496 e. The molecule has 0 unspecified atom stereocenters. The van der Waals surface area contributed by atoms with Crippen LogP contribution in [0.25, 0.3) is 11.5 Å². The van der Waals surface area contributed by atoms with Gasteiger partial charge in [0.25, 0.3) is 11.8 Å². The maximum Gasteiger partial charge on any atom is 0.254 e. The van der Waals surface area contributed by atoms with Crippen LogP contribution in [0.2, 0.25) is 0 Å². The highest BCUT2D eigenvalue weighted by molar-refractivity contribution is 5.95. The Morgan fingerprint density at radius 2 is 1.77 bits per heavy atom. The van der Waals surface area contributed by atoms with Crippen molar-refractivity contribution in [3.05, 3.63) is 53.9 Å². The number of hydrogen-bond acceptors (Lipinski definition) is 7. The quantitative estimate of drug-likeness (QED) is 0.617. The summed E-state index contributed by atoms with van der Waals surface area (Å²) in [6.07, 6.45) is 0.757. The maximum absolute atomic E-state index is 12.9. The van der Waals surface area contributed by atoms with Crippen LogP contribution in [-0.4, -0.2) is 55.4 Å². The Kier molecular flexibility index (Phi) is 5.56. The van der Waals surface area contributed by atoms with Gasteiger partial charge in [-0.1, -0.05) is 12.1 Å². The molecule has 0 saturated carbocycles. The van der Waals surface area contributed by atoms with Crippen molar-refractivity contribution in [1.29, 1.82) is 0 Å². The summed E-state index contributed by atoms with van der Waals surface area (Å²) in [5.74, 6) is 2.64. The number of para-hydroxylation sites is 1. The number of carbonyl (C=O) groups excluding carboxylic acids is 1. The van der Waals surface area contributed by atoms with Crippen LogP contribution >= 0.6 is 0 Å². The Balaban J connectivity index is 1.49. The number of ether oxygens (including phenoxy) is 3. The minimum atomic E-state index is -0.0667. The van der Waals surface area contributed by atoms with E-state index < -0.39 is 0 Å². The normalized spacial score (nSPS) is 15.8. The SMILES string of the molecule is COc1ccc(C(=O)N2CC[C@H](c3nnc(-c4ccccc4OC)o3)C2)cc1OC. The molecule has 1 fully saturated rings. The molecular formula is C22H23N3O5. The number of methoxy groups -OCH3 is 3. The highest BCUT2D eigenvalue weighted by atomic mass is 16.5. The first-order chi connectivity index (χ1) is 14.6. The number of benzene rings is 2. The number of carbonyl (C=O) groups is 1. The van der Waals surface area contributed by atoms with E-state index >= 15 is 0 Å². The monoisotopic (exact) mass is 409 g/mol. The lowest BCUT2D eigenvalue weighted by atomic mass is 10.1. The third-order valence-corrected chi connectivity index (χ3v) is 5.23. The molecule has 0 aliphatic carbocycles. The molecular weight excluding hydrogens is 386 g/mol. The van der Waals surface area contributed by atoms with Gasteiger partial charge in [0.1, 0.15) is 5.75 Å². The van der Waals surface area contributed by atoms with Gasteiger partial charge < -0.3 is 23.5 Å². The Morgan fingerprint density at radius 3 is 2.53 bits per heavy atom. The van der Waals surface area contributed by atoms with Crippen molar-refractivity contribution in [3.63, 3.8) is 0 Å². The van der Waals surface area contributed by atoms with Crippen molar-refractivity contribution >= 4 is 5.91 Å². The van der Waals surface area contributed by atoms with Crippen LogP contribution in [0.15, 0.2) is 46.9 Å². The number of rotatable bonds is 6. The van der Waals surface area contributed by atoms with Gasteiger partial charge in [0.05, 0.1) is 32.8 Å². The molecule has 0 radical (unpaired) electrons. The third kappa shape index (κ3) is 3.68. The summed E-state index contributed by atoms with van der Waals surface area (Å²) < 4.78 is 21.8. The average molecular weight is 409 g/mol. The van der Waals surface area contributed by atoms with Crippen LogP contribution in [0.1, 0.15) is 28.6 Å². The zero-order valence-electron chi connectivity index (χ0n) is 17.1. The molecule has 30 heavy (non-hydrogen) atoms. The third-order valence-electron chi connectivity index (χ3n) is 5.23. The number of likely N-dealkylation sites (tertiary alicyclic amines) is 1. The summed E-state index contributed by atoms with van der Waals surface area (Å²) in [6.45, 7) is 1.13. The van der Waals surface area contributed by atoms with Crippen LogP contribution < -0.4 is 14.2 Å². The lowest BCUT2D eigenvalue weighted by molar-refractivity contribution is 0.0789. The van der Waals surface area contributed by atoms with Crippen LogP contribution in [0.3, 0.4) is 0 Å². The zero-order valence-corrected chi connectivity index (χ0v) is 17.1. The molecule has 2 heterocycles. The van der Waals surface area contributed by atoms with Crippen molar-refractivity contribution in [2.75, 3.05) is 34.4 Å². The lowest BCUT2D eigenvalue weighted by Crippen LogP contribution is -2.28. The Labute approximate surface area is 174 Å². The van der Waals surface area contributed by atoms with E-state index in [1.54, 1.807) is 44.4 Å². The standard InChI is InChI=1S/C22H23N3O5/c1-27-17-7-5-4-6-16(17)21-24-23-20(30-21)15-10-11-25(13-15)22(26)14-8-9-18(28-2)19(12-14)29-3/h4-9,12,15H,10-11,13H2,1-3H3/t15-/m0/s1. The van der Waals surface area contributed by atoms with E-state index in [-0.39, 0.29) is 11.8 Å². The second-order valence-corrected chi connectivity index (χ2v) is 6.95. The molecule has 1 saturated heterocycles. The van der Waals surface area contributed by atoms with Gasteiger partial charge in [0.2, 0.25) is 5.89 Å². The Morgan fingerprint density at radius 1 is 1.00 bits per heavy atom. The van der Waals surface area contributed by atoms with E-state index in [1.807, 2.05) is 24.3 Å². The highest BCUT2D eigenvalue weighted by Gasteiger charge is 2.32. The predicted molar refractivity (Wildman–Crippen MR) is 109 cm³/mol.